The third-order valence-corrected chi connectivity index (χ3v) is 4.33. The maximum Gasteiger partial charge on any atom is 0.0787 e. The number of benzene rings is 2. The molecule has 0 saturated heterocycles. The lowest BCUT2D eigenvalue weighted by Crippen LogP contribution is -2.24. The molecule has 1 heterocycles. The van der Waals surface area contributed by atoms with Crippen molar-refractivity contribution in [3.63, 3.8) is 0 Å². The van der Waals surface area contributed by atoms with Gasteiger partial charge in [-0.05, 0) is 55.5 Å². The van der Waals surface area contributed by atoms with Crippen molar-refractivity contribution in [1.29, 1.82) is 0 Å². The average molecular weight is 281 g/mol. The van der Waals surface area contributed by atoms with Crippen LogP contribution in [0.1, 0.15) is 42.6 Å². The first-order chi connectivity index (χ1) is 10.2. The van der Waals surface area contributed by atoms with Crippen LogP contribution in [0.15, 0.2) is 42.5 Å². The number of aryl methyl sites for hydroxylation is 2. The number of fused-ring (bicyclic) bond motifs is 1. The van der Waals surface area contributed by atoms with E-state index in [0.29, 0.717) is 0 Å². The molecular formula is C19H23NO. The summed E-state index contributed by atoms with van der Waals surface area (Å²) < 4.78 is 0. The Bertz CT molecular complexity index is 618. The van der Waals surface area contributed by atoms with Gasteiger partial charge in [0, 0.05) is 17.9 Å². The maximum atomic E-state index is 9.91. The summed E-state index contributed by atoms with van der Waals surface area (Å²) in [6.45, 7) is 5.22. The lowest BCUT2D eigenvalue weighted by atomic mass is 9.98. The zero-order chi connectivity index (χ0) is 14.8. The quantitative estimate of drug-likeness (QED) is 0.894. The Morgan fingerprint density at radius 1 is 1.14 bits per heavy atom. The van der Waals surface area contributed by atoms with Crippen molar-refractivity contribution >= 4 is 11.4 Å². The molecule has 1 unspecified atom stereocenters. The van der Waals surface area contributed by atoms with Gasteiger partial charge in [0.2, 0.25) is 0 Å². The molecule has 1 N–H and O–H groups in total. The number of anilines is 2. The summed E-state index contributed by atoms with van der Waals surface area (Å²) in [4.78, 5) is 2.39. The number of aliphatic hydroxyl groups is 1. The second-order valence-electron chi connectivity index (χ2n) is 5.90. The highest BCUT2D eigenvalue weighted by Gasteiger charge is 2.18. The summed E-state index contributed by atoms with van der Waals surface area (Å²) in [5.41, 5.74) is 6.32. The van der Waals surface area contributed by atoms with Crippen molar-refractivity contribution in [1.82, 2.24) is 0 Å². The number of rotatable bonds is 3. The maximum absolute atomic E-state index is 9.91. The van der Waals surface area contributed by atoms with Gasteiger partial charge < -0.3 is 10.0 Å². The van der Waals surface area contributed by atoms with Crippen molar-refractivity contribution in [2.75, 3.05) is 11.4 Å². The molecule has 2 nitrogen and oxygen atoms in total. The monoisotopic (exact) mass is 281 g/mol. The molecule has 1 aliphatic rings. The van der Waals surface area contributed by atoms with E-state index in [2.05, 4.69) is 42.2 Å². The van der Waals surface area contributed by atoms with Crippen LogP contribution in [0.4, 0.5) is 11.4 Å². The largest absolute Gasteiger partial charge is 0.388 e. The lowest BCUT2D eigenvalue weighted by Gasteiger charge is -2.32. The predicted molar refractivity (Wildman–Crippen MR) is 88.2 cm³/mol. The Hall–Kier alpha value is -1.80. The van der Waals surface area contributed by atoms with Gasteiger partial charge in [-0.3, -0.25) is 0 Å². The molecule has 2 aromatic rings. The van der Waals surface area contributed by atoms with Gasteiger partial charge in [0.1, 0.15) is 0 Å². The van der Waals surface area contributed by atoms with Gasteiger partial charge in [-0.15, -0.1) is 0 Å². The summed E-state index contributed by atoms with van der Waals surface area (Å²) in [5.74, 6) is 0. The standard InChI is InChI=1S/C19H23NO/c1-3-19(21)15-7-9-17(10-8-15)20-12-4-5-16-13-14(2)6-11-18(16)20/h6-11,13,19,21H,3-5,12H2,1-2H3. The number of hydrogen-bond acceptors (Lipinski definition) is 2. The van der Waals surface area contributed by atoms with Gasteiger partial charge in [0.25, 0.3) is 0 Å². The Morgan fingerprint density at radius 3 is 2.62 bits per heavy atom. The van der Waals surface area contributed by atoms with Gasteiger partial charge in [0.05, 0.1) is 6.10 Å². The van der Waals surface area contributed by atoms with E-state index in [4.69, 9.17) is 0 Å². The Kier molecular flexibility index (Phi) is 3.98. The molecule has 0 aliphatic carbocycles. The zero-order valence-electron chi connectivity index (χ0n) is 12.8. The van der Waals surface area contributed by atoms with Crippen molar-refractivity contribution in [2.45, 2.75) is 39.2 Å². The molecule has 2 heteroatoms. The first-order valence-electron chi connectivity index (χ1n) is 7.84. The Labute approximate surface area is 127 Å². The minimum atomic E-state index is -0.352. The molecule has 1 atom stereocenters. The second-order valence-corrected chi connectivity index (χ2v) is 5.90. The van der Waals surface area contributed by atoms with Crippen molar-refractivity contribution in [3.05, 3.63) is 59.2 Å². The predicted octanol–water partition coefficient (Wildman–Crippen LogP) is 4.52. The van der Waals surface area contributed by atoms with E-state index < -0.39 is 0 Å². The van der Waals surface area contributed by atoms with Crippen LogP contribution in [0.3, 0.4) is 0 Å². The molecule has 0 aromatic heterocycles. The van der Waals surface area contributed by atoms with Gasteiger partial charge in [-0.1, -0.05) is 36.8 Å². The fourth-order valence-corrected chi connectivity index (χ4v) is 3.11. The zero-order valence-corrected chi connectivity index (χ0v) is 12.8. The summed E-state index contributed by atoms with van der Waals surface area (Å²) >= 11 is 0. The minimum Gasteiger partial charge on any atom is -0.388 e. The second kappa shape index (κ2) is 5.90. The smallest absolute Gasteiger partial charge is 0.0787 e. The molecule has 1 aliphatic heterocycles. The van der Waals surface area contributed by atoms with Crippen LogP contribution >= 0.6 is 0 Å². The van der Waals surface area contributed by atoms with Crippen LogP contribution in [-0.4, -0.2) is 11.7 Å². The van der Waals surface area contributed by atoms with E-state index in [1.165, 1.54) is 35.3 Å². The number of nitrogens with zero attached hydrogens (tertiary/aromatic N) is 1. The molecule has 0 bridgehead atoms. The number of aliphatic hydroxyl groups excluding tert-OH is 1. The van der Waals surface area contributed by atoms with E-state index >= 15 is 0 Å². The first-order valence-corrected chi connectivity index (χ1v) is 7.84. The van der Waals surface area contributed by atoms with E-state index in [-0.39, 0.29) is 6.10 Å². The molecule has 110 valence electrons. The first kappa shape index (κ1) is 14.2. The third-order valence-electron chi connectivity index (χ3n) is 4.33. The fourth-order valence-electron chi connectivity index (χ4n) is 3.11. The van der Waals surface area contributed by atoms with Crippen molar-refractivity contribution in [3.8, 4) is 0 Å². The molecule has 3 rings (SSSR count). The summed E-state index contributed by atoms with van der Waals surface area (Å²) in [5, 5.41) is 9.91. The highest BCUT2D eigenvalue weighted by Crippen LogP contribution is 2.34. The molecule has 0 fully saturated rings. The van der Waals surface area contributed by atoms with Crippen LogP contribution in [-0.2, 0) is 6.42 Å². The SMILES string of the molecule is CCC(O)c1ccc(N2CCCc3cc(C)ccc32)cc1. The van der Waals surface area contributed by atoms with Crippen molar-refractivity contribution in [2.24, 2.45) is 0 Å². The molecule has 21 heavy (non-hydrogen) atoms. The summed E-state index contributed by atoms with van der Waals surface area (Å²) in [7, 11) is 0. The van der Waals surface area contributed by atoms with Crippen LogP contribution in [0.5, 0.6) is 0 Å². The molecule has 0 saturated carbocycles. The van der Waals surface area contributed by atoms with E-state index in [1.807, 2.05) is 19.1 Å². The summed E-state index contributed by atoms with van der Waals surface area (Å²) in [6.07, 6.45) is 2.76. The molecule has 0 radical (unpaired) electrons. The van der Waals surface area contributed by atoms with E-state index in [9.17, 15) is 5.11 Å². The fraction of sp³-hybridized carbons (Fsp3) is 0.368. The van der Waals surface area contributed by atoms with E-state index in [0.717, 1.165) is 18.5 Å². The van der Waals surface area contributed by atoms with E-state index in [1.54, 1.807) is 0 Å². The highest BCUT2D eigenvalue weighted by molar-refractivity contribution is 5.68. The lowest BCUT2D eigenvalue weighted by molar-refractivity contribution is 0.173. The molecule has 0 spiro atoms. The van der Waals surface area contributed by atoms with Gasteiger partial charge in [-0.2, -0.15) is 0 Å². The average Bonchev–Trinajstić information content (AvgIpc) is 2.53. The molecule has 2 aromatic carbocycles. The van der Waals surface area contributed by atoms with Gasteiger partial charge in [0.15, 0.2) is 0 Å². The number of hydrogen-bond donors (Lipinski definition) is 1. The summed E-state index contributed by atoms with van der Waals surface area (Å²) in [6, 6.07) is 15.1. The topological polar surface area (TPSA) is 23.5 Å². The minimum absolute atomic E-state index is 0.352. The molecule has 0 amide bonds. The van der Waals surface area contributed by atoms with Crippen molar-refractivity contribution < 1.29 is 5.11 Å². The van der Waals surface area contributed by atoms with Crippen LogP contribution < -0.4 is 4.90 Å². The third kappa shape index (κ3) is 2.81. The van der Waals surface area contributed by atoms with Crippen LogP contribution in [0.25, 0.3) is 0 Å². The van der Waals surface area contributed by atoms with Gasteiger partial charge >= 0.3 is 0 Å². The normalized spacial score (nSPS) is 15.7. The van der Waals surface area contributed by atoms with Gasteiger partial charge in [-0.25, -0.2) is 0 Å². The molecular weight excluding hydrogens is 258 g/mol. The van der Waals surface area contributed by atoms with Crippen LogP contribution in [0.2, 0.25) is 0 Å². The highest BCUT2D eigenvalue weighted by atomic mass is 16.3. The Morgan fingerprint density at radius 2 is 1.90 bits per heavy atom. The Balaban J connectivity index is 1.92. The van der Waals surface area contributed by atoms with Crippen LogP contribution in [0, 0.1) is 6.92 Å².